The van der Waals surface area contributed by atoms with E-state index in [2.05, 4.69) is 26.3 Å². The van der Waals surface area contributed by atoms with Gasteiger partial charge in [-0.1, -0.05) is 13.0 Å². The molecule has 7 heteroatoms. The molecule has 2 N–H and O–H groups in total. The molecule has 2 fully saturated rings. The maximum Gasteiger partial charge on any atom is 0.266 e. The van der Waals surface area contributed by atoms with Crippen molar-refractivity contribution >= 4 is 23.2 Å². The van der Waals surface area contributed by atoms with Crippen molar-refractivity contribution in [2.75, 3.05) is 33.8 Å². The topological polar surface area (TPSA) is 63.1 Å². The summed E-state index contributed by atoms with van der Waals surface area (Å²) < 4.78 is 6.17. The second kappa shape index (κ2) is 8.06. The second-order valence-electron chi connectivity index (χ2n) is 7.86. The first-order valence-corrected chi connectivity index (χ1v) is 10.4. The molecule has 26 heavy (non-hydrogen) atoms. The molecule has 2 aliphatic rings. The largest absolute Gasteiger partial charge is 0.353 e. The van der Waals surface area contributed by atoms with Crippen LogP contribution in [0.3, 0.4) is 0 Å². The molecule has 0 radical (unpaired) electrons. The summed E-state index contributed by atoms with van der Waals surface area (Å²) in [5.74, 6) is 0.455. The van der Waals surface area contributed by atoms with Gasteiger partial charge in [0, 0.05) is 0 Å². The van der Waals surface area contributed by atoms with Crippen LogP contribution < -0.4 is 10.2 Å². The summed E-state index contributed by atoms with van der Waals surface area (Å²) >= 11 is 1.42. The lowest BCUT2D eigenvalue weighted by Gasteiger charge is -2.42. The first-order valence-electron chi connectivity index (χ1n) is 9.51. The number of nitrogens with one attached hydrogen (secondary N) is 2. The van der Waals surface area contributed by atoms with Crippen LogP contribution in [0.2, 0.25) is 0 Å². The number of ether oxygens (including phenoxy) is 1. The molecule has 144 valence electrons. The van der Waals surface area contributed by atoms with Gasteiger partial charge in [-0.25, -0.2) is 0 Å². The van der Waals surface area contributed by atoms with Gasteiger partial charge in [0.2, 0.25) is 5.91 Å². The molecule has 1 spiro atoms. The van der Waals surface area contributed by atoms with Crippen molar-refractivity contribution in [2.45, 2.75) is 44.4 Å². The van der Waals surface area contributed by atoms with Gasteiger partial charge in [0.25, 0.3) is 5.91 Å². The summed E-state index contributed by atoms with van der Waals surface area (Å²) in [4.78, 5) is 29.7. The normalized spacial score (nSPS) is 28.7. The maximum absolute atomic E-state index is 13.2. The van der Waals surface area contributed by atoms with Gasteiger partial charge in [0.1, 0.15) is 11.8 Å². The van der Waals surface area contributed by atoms with Crippen LogP contribution in [0.5, 0.6) is 0 Å². The molecule has 3 rings (SSSR count). The Kier molecular flexibility index (Phi) is 5.99. The number of rotatable bonds is 5. The Morgan fingerprint density at radius 2 is 2.12 bits per heavy atom. The highest BCUT2D eigenvalue weighted by Gasteiger charge is 2.53. The second-order valence-corrected chi connectivity index (χ2v) is 8.80. The van der Waals surface area contributed by atoms with E-state index in [0.717, 1.165) is 32.2 Å². The fraction of sp³-hybridized carbons (Fsp3) is 0.684. The number of likely N-dealkylation sites (N-methyl/N-ethyl adjacent to an activating group) is 1. The minimum atomic E-state index is -0.623. The third-order valence-corrected chi connectivity index (χ3v) is 6.35. The van der Waals surface area contributed by atoms with Crippen LogP contribution in [0.4, 0.5) is 0 Å². The van der Waals surface area contributed by atoms with Gasteiger partial charge in [-0.15, -0.1) is 11.3 Å². The lowest BCUT2D eigenvalue weighted by atomic mass is 9.83. The minimum absolute atomic E-state index is 0.0783. The van der Waals surface area contributed by atoms with Crippen molar-refractivity contribution in [1.29, 1.82) is 0 Å². The van der Waals surface area contributed by atoms with E-state index in [1.54, 1.807) is 4.90 Å². The van der Waals surface area contributed by atoms with Crippen molar-refractivity contribution < 1.29 is 19.2 Å². The number of nitrogens with zero attached hydrogens (tertiary/aromatic N) is 1. The predicted octanol–water partition coefficient (Wildman–Crippen LogP) is 0.756. The molecule has 1 atom stereocenters. The van der Waals surface area contributed by atoms with Gasteiger partial charge >= 0.3 is 0 Å². The zero-order valence-corrected chi connectivity index (χ0v) is 16.7. The molecule has 1 saturated heterocycles. The molecule has 1 aromatic heterocycles. The van der Waals surface area contributed by atoms with Crippen LogP contribution in [0.15, 0.2) is 17.5 Å². The zero-order valence-electron chi connectivity index (χ0n) is 15.9. The lowest BCUT2D eigenvalue weighted by Crippen LogP contribution is -3.06. The number of hydrogen-bond acceptors (Lipinski definition) is 4. The number of amides is 2. The van der Waals surface area contributed by atoms with Gasteiger partial charge in [-0.3, -0.25) is 14.5 Å². The number of thiophene rings is 1. The quantitative estimate of drug-likeness (QED) is 0.793. The van der Waals surface area contributed by atoms with Gasteiger partial charge in [-0.2, -0.15) is 0 Å². The Labute approximate surface area is 159 Å². The molecule has 6 nitrogen and oxygen atoms in total. The Hall–Kier alpha value is -1.44. The van der Waals surface area contributed by atoms with Crippen molar-refractivity contribution in [3.8, 4) is 0 Å². The Morgan fingerprint density at radius 1 is 1.38 bits per heavy atom. The van der Waals surface area contributed by atoms with E-state index >= 15 is 0 Å². The summed E-state index contributed by atoms with van der Waals surface area (Å²) in [5.41, 5.74) is -0.623. The number of hydrogen-bond donors (Lipinski definition) is 2. The van der Waals surface area contributed by atoms with Gasteiger partial charge in [0.15, 0.2) is 0 Å². The highest BCUT2D eigenvalue weighted by molar-refractivity contribution is 7.12. The molecule has 2 amide bonds. The molecule has 0 unspecified atom stereocenters. The Morgan fingerprint density at radius 3 is 2.73 bits per heavy atom. The van der Waals surface area contributed by atoms with E-state index in [-0.39, 0.29) is 18.4 Å². The van der Waals surface area contributed by atoms with Gasteiger partial charge in [0.05, 0.1) is 38.7 Å². The SMILES string of the molecule is CC1CCC2(CC1)OC[C@H](C(=O)NCC[NH+](C)C)N2C(=O)c1cccs1. The van der Waals surface area contributed by atoms with E-state index < -0.39 is 11.8 Å². The number of carbonyl (C=O) groups is 2. The molecule has 2 heterocycles. The highest BCUT2D eigenvalue weighted by Crippen LogP contribution is 2.43. The van der Waals surface area contributed by atoms with Crippen LogP contribution in [0.25, 0.3) is 0 Å². The monoisotopic (exact) mass is 380 g/mol. The van der Waals surface area contributed by atoms with Crippen LogP contribution in [-0.4, -0.2) is 62.3 Å². The van der Waals surface area contributed by atoms with Crippen molar-refractivity contribution in [2.24, 2.45) is 5.92 Å². The molecule has 0 aromatic carbocycles. The van der Waals surface area contributed by atoms with E-state index in [4.69, 9.17) is 4.74 Å². The molecule has 1 saturated carbocycles. The van der Waals surface area contributed by atoms with Crippen molar-refractivity contribution in [1.82, 2.24) is 10.2 Å². The molecule has 1 aromatic rings. The summed E-state index contributed by atoms with van der Waals surface area (Å²) in [6.07, 6.45) is 3.65. The first kappa shape index (κ1) is 19.3. The van der Waals surface area contributed by atoms with E-state index in [1.165, 1.54) is 16.2 Å². The third kappa shape index (κ3) is 3.94. The molecule has 0 bridgehead atoms. The van der Waals surface area contributed by atoms with Crippen molar-refractivity contribution in [3.05, 3.63) is 22.4 Å². The third-order valence-electron chi connectivity index (χ3n) is 5.49. The van der Waals surface area contributed by atoms with E-state index in [0.29, 0.717) is 17.3 Å². The smallest absolute Gasteiger partial charge is 0.266 e. The van der Waals surface area contributed by atoms with Crippen LogP contribution in [0.1, 0.15) is 42.3 Å². The standard InChI is InChI=1S/C19H29N3O3S/c1-14-6-8-19(9-7-14)22(18(24)16-5-4-12-26-16)15(13-25-19)17(23)20-10-11-21(2)3/h4-5,12,14-15H,6-11,13H2,1-3H3,(H,20,23)/p+1/t14?,15-,19?/m1/s1. The maximum atomic E-state index is 13.2. The first-order chi connectivity index (χ1) is 12.4. The minimum Gasteiger partial charge on any atom is -0.353 e. The number of quaternary nitrogens is 1. The number of carbonyl (C=O) groups excluding carboxylic acids is 2. The predicted molar refractivity (Wildman–Crippen MR) is 101 cm³/mol. The Balaban J connectivity index is 1.79. The Bertz CT molecular complexity index is 624. The van der Waals surface area contributed by atoms with Crippen molar-refractivity contribution in [3.63, 3.8) is 0 Å². The van der Waals surface area contributed by atoms with E-state index in [9.17, 15) is 9.59 Å². The molecular weight excluding hydrogens is 350 g/mol. The van der Waals surface area contributed by atoms with Crippen LogP contribution >= 0.6 is 11.3 Å². The lowest BCUT2D eigenvalue weighted by molar-refractivity contribution is -0.856. The average molecular weight is 381 g/mol. The molecule has 1 aliphatic heterocycles. The zero-order chi connectivity index (χ0) is 18.7. The molecule has 1 aliphatic carbocycles. The summed E-state index contributed by atoms with van der Waals surface area (Å²) in [6.45, 7) is 3.97. The fourth-order valence-corrected chi connectivity index (χ4v) is 4.51. The molecular formula is C19H30N3O3S+. The summed E-state index contributed by atoms with van der Waals surface area (Å²) in [5, 5.41) is 4.88. The van der Waals surface area contributed by atoms with E-state index in [1.807, 2.05) is 17.5 Å². The highest BCUT2D eigenvalue weighted by atomic mass is 32.1. The van der Waals surface area contributed by atoms with Crippen LogP contribution in [-0.2, 0) is 9.53 Å². The summed E-state index contributed by atoms with van der Waals surface area (Å²) in [6, 6.07) is 3.16. The van der Waals surface area contributed by atoms with Gasteiger partial charge in [-0.05, 0) is 43.0 Å². The fourth-order valence-electron chi connectivity index (χ4n) is 3.85. The van der Waals surface area contributed by atoms with Gasteiger partial charge < -0.3 is 15.0 Å². The van der Waals surface area contributed by atoms with Crippen LogP contribution in [0, 0.1) is 5.92 Å². The average Bonchev–Trinajstić information content (AvgIpc) is 3.25. The summed E-state index contributed by atoms with van der Waals surface area (Å²) in [7, 11) is 4.10.